The van der Waals surface area contributed by atoms with Crippen molar-refractivity contribution in [3.8, 4) is 5.75 Å². The van der Waals surface area contributed by atoms with Gasteiger partial charge in [0.1, 0.15) is 5.75 Å². The van der Waals surface area contributed by atoms with E-state index in [9.17, 15) is 0 Å². The largest absolute Gasteiger partial charge is 0.496 e. The summed E-state index contributed by atoms with van der Waals surface area (Å²) in [4.78, 5) is 0. The normalized spacial score (nSPS) is 12.6. The lowest BCUT2D eigenvalue weighted by Gasteiger charge is -2.17. The van der Waals surface area contributed by atoms with Gasteiger partial charge in [0.25, 0.3) is 0 Å². The molecule has 0 aliphatic carbocycles. The molecule has 0 amide bonds. The maximum Gasteiger partial charge on any atom is 0.123 e. The van der Waals surface area contributed by atoms with Crippen LogP contribution >= 0.6 is 15.9 Å². The third-order valence-corrected chi connectivity index (χ3v) is 2.59. The number of ether oxygens (including phenoxy) is 1. The summed E-state index contributed by atoms with van der Waals surface area (Å²) in [6, 6.07) is 5.63. The van der Waals surface area contributed by atoms with E-state index in [1.54, 1.807) is 14.2 Å². The van der Waals surface area contributed by atoms with E-state index in [4.69, 9.17) is 9.84 Å². The van der Waals surface area contributed by atoms with Crippen molar-refractivity contribution in [2.75, 3.05) is 20.8 Å². The van der Waals surface area contributed by atoms with Crippen LogP contribution in [-0.2, 0) is 0 Å². The minimum Gasteiger partial charge on any atom is -0.496 e. The lowest BCUT2D eigenvalue weighted by atomic mass is 10.1. The smallest absolute Gasteiger partial charge is 0.123 e. The SMILES string of the molecule is CNC(CO)c1cc(Br)ccc1OC. The quantitative estimate of drug-likeness (QED) is 0.866. The first kappa shape index (κ1) is 11.5. The number of rotatable bonds is 4. The van der Waals surface area contributed by atoms with Gasteiger partial charge in [0.2, 0.25) is 0 Å². The van der Waals surface area contributed by atoms with Crippen molar-refractivity contribution in [3.05, 3.63) is 28.2 Å². The Bertz CT molecular complexity index is 300. The number of aliphatic hydroxyl groups is 1. The Labute approximate surface area is 92.2 Å². The molecule has 0 aliphatic heterocycles. The molecule has 78 valence electrons. The van der Waals surface area contributed by atoms with E-state index in [1.165, 1.54) is 0 Å². The van der Waals surface area contributed by atoms with E-state index >= 15 is 0 Å². The molecule has 0 saturated heterocycles. The molecule has 0 fully saturated rings. The number of nitrogens with one attached hydrogen (secondary N) is 1. The molecule has 1 rings (SSSR count). The topological polar surface area (TPSA) is 41.5 Å². The molecule has 1 atom stereocenters. The van der Waals surface area contributed by atoms with Crippen LogP contribution in [0.5, 0.6) is 5.75 Å². The Hall–Kier alpha value is -0.580. The highest BCUT2D eigenvalue weighted by Gasteiger charge is 2.13. The monoisotopic (exact) mass is 259 g/mol. The Balaban J connectivity index is 3.08. The van der Waals surface area contributed by atoms with Crippen molar-refractivity contribution in [1.29, 1.82) is 0 Å². The predicted molar refractivity (Wildman–Crippen MR) is 59.6 cm³/mol. The zero-order valence-corrected chi connectivity index (χ0v) is 9.84. The number of hydrogen-bond donors (Lipinski definition) is 2. The maximum absolute atomic E-state index is 9.16. The first-order valence-electron chi connectivity index (χ1n) is 4.34. The van der Waals surface area contributed by atoms with Crippen molar-refractivity contribution < 1.29 is 9.84 Å². The predicted octanol–water partition coefficient (Wildman–Crippen LogP) is 1.71. The van der Waals surface area contributed by atoms with Gasteiger partial charge in [0, 0.05) is 10.0 Å². The van der Waals surface area contributed by atoms with E-state index in [0.717, 1.165) is 15.8 Å². The molecule has 1 aromatic carbocycles. The molecule has 14 heavy (non-hydrogen) atoms. The summed E-state index contributed by atoms with van der Waals surface area (Å²) in [5.74, 6) is 0.779. The Morgan fingerprint density at radius 1 is 1.57 bits per heavy atom. The first-order chi connectivity index (χ1) is 6.72. The van der Waals surface area contributed by atoms with Gasteiger partial charge in [-0.1, -0.05) is 15.9 Å². The van der Waals surface area contributed by atoms with E-state index in [1.807, 2.05) is 18.2 Å². The van der Waals surface area contributed by atoms with Gasteiger partial charge in [-0.05, 0) is 25.2 Å². The lowest BCUT2D eigenvalue weighted by Crippen LogP contribution is -2.20. The van der Waals surface area contributed by atoms with Crippen LogP contribution in [0.3, 0.4) is 0 Å². The number of aliphatic hydroxyl groups excluding tert-OH is 1. The number of likely N-dealkylation sites (N-methyl/N-ethyl adjacent to an activating group) is 1. The van der Waals surface area contributed by atoms with E-state index in [0.29, 0.717) is 0 Å². The molecular weight excluding hydrogens is 246 g/mol. The lowest BCUT2D eigenvalue weighted by molar-refractivity contribution is 0.247. The van der Waals surface area contributed by atoms with Crippen molar-refractivity contribution in [2.24, 2.45) is 0 Å². The van der Waals surface area contributed by atoms with Crippen LogP contribution in [-0.4, -0.2) is 25.9 Å². The standard InChI is InChI=1S/C10H14BrNO2/c1-12-9(6-13)8-5-7(11)3-4-10(8)14-2/h3-5,9,12-13H,6H2,1-2H3. The average molecular weight is 260 g/mol. The maximum atomic E-state index is 9.16. The van der Waals surface area contributed by atoms with Gasteiger partial charge in [0.15, 0.2) is 0 Å². The second-order valence-electron chi connectivity index (χ2n) is 2.91. The molecule has 1 unspecified atom stereocenters. The van der Waals surface area contributed by atoms with Gasteiger partial charge >= 0.3 is 0 Å². The molecule has 0 aliphatic rings. The third-order valence-electron chi connectivity index (χ3n) is 2.10. The fraction of sp³-hybridized carbons (Fsp3) is 0.400. The van der Waals surface area contributed by atoms with E-state index in [2.05, 4.69) is 21.2 Å². The van der Waals surface area contributed by atoms with Crippen LogP contribution in [0.2, 0.25) is 0 Å². The van der Waals surface area contributed by atoms with E-state index < -0.39 is 0 Å². The minimum absolute atomic E-state index is 0.0450. The highest BCUT2D eigenvalue weighted by atomic mass is 79.9. The van der Waals surface area contributed by atoms with E-state index in [-0.39, 0.29) is 12.6 Å². The zero-order valence-electron chi connectivity index (χ0n) is 8.25. The highest BCUT2D eigenvalue weighted by Crippen LogP contribution is 2.27. The minimum atomic E-state index is -0.0950. The summed E-state index contributed by atoms with van der Waals surface area (Å²) in [6.07, 6.45) is 0. The number of halogens is 1. The van der Waals surface area contributed by atoms with Gasteiger partial charge in [-0.25, -0.2) is 0 Å². The number of benzene rings is 1. The second-order valence-corrected chi connectivity index (χ2v) is 3.83. The second kappa shape index (κ2) is 5.34. The van der Waals surface area contributed by atoms with Crippen molar-refractivity contribution in [1.82, 2.24) is 5.32 Å². The highest BCUT2D eigenvalue weighted by molar-refractivity contribution is 9.10. The number of methoxy groups -OCH3 is 1. The summed E-state index contributed by atoms with van der Waals surface area (Å²) in [5.41, 5.74) is 0.951. The molecule has 0 radical (unpaired) electrons. The molecule has 0 heterocycles. The van der Waals surface area contributed by atoms with Crippen LogP contribution in [0.1, 0.15) is 11.6 Å². The van der Waals surface area contributed by atoms with Crippen LogP contribution in [0.15, 0.2) is 22.7 Å². The first-order valence-corrected chi connectivity index (χ1v) is 5.13. The third kappa shape index (κ3) is 2.47. The summed E-state index contributed by atoms with van der Waals surface area (Å²) >= 11 is 3.39. The summed E-state index contributed by atoms with van der Waals surface area (Å²) in [6.45, 7) is 0.0450. The molecular formula is C10H14BrNO2. The molecule has 0 aromatic heterocycles. The average Bonchev–Trinajstić information content (AvgIpc) is 2.20. The fourth-order valence-electron chi connectivity index (χ4n) is 1.32. The van der Waals surface area contributed by atoms with Gasteiger partial charge in [-0.2, -0.15) is 0 Å². The summed E-state index contributed by atoms with van der Waals surface area (Å²) in [5, 5.41) is 12.2. The molecule has 4 heteroatoms. The Morgan fingerprint density at radius 3 is 2.79 bits per heavy atom. The molecule has 0 saturated carbocycles. The summed E-state index contributed by atoms with van der Waals surface area (Å²) in [7, 11) is 3.43. The van der Waals surface area contributed by atoms with Gasteiger partial charge < -0.3 is 15.2 Å². The molecule has 0 bridgehead atoms. The molecule has 2 N–H and O–H groups in total. The van der Waals surface area contributed by atoms with Gasteiger partial charge in [-0.15, -0.1) is 0 Å². The zero-order chi connectivity index (χ0) is 10.6. The Morgan fingerprint density at radius 2 is 2.29 bits per heavy atom. The van der Waals surface area contributed by atoms with Crippen molar-refractivity contribution >= 4 is 15.9 Å². The van der Waals surface area contributed by atoms with Crippen LogP contribution in [0, 0.1) is 0 Å². The van der Waals surface area contributed by atoms with Gasteiger partial charge in [-0.3, -0.25) is 0 Å². The van der Waals surface area contributed by atoms with Crippen molar-refractivity contribution in [3.63, 3.8) is 0 Å². The van der Waals surface area contributed by atoms with Crippen LogP contribution < -0.4 is 10.1 Å². The van der Waals surface area contributed by atoms with Crippen LogP contribution in [0.25, 0.3) is 0 Å². The summed E-state index contributed by atoms with van der Waals surface area (Å²) < 4.78 is 6.19. The van der Waals surface area contributed by atoms with Crippen LogP contribution in [0.4, 0.5) is 0 Å². The Kier molecular flexibility index (Phi) is 4.38. The van der Waals surface area contributed by atoms with Crippen molar-refractivity contribution in [2.45, 2.75) is 6.04 Å². The number of hydrogen-bond acceptors (Lipinski definition) is 3. The van der Waals surface area contributed by atoms with Gasteiger partial charge in [0.05, 0.1) is 19.8 Å². The molecule has 1 aromatic rings. The molecule has 3 nitrogen and oxygen atoms in total. The fourth-order valence-corrected chi connectivity index (χ4v) is 1.70. The molecule has 0 spiro atoms.